The molecule has 0 radical (unpaired) electrons. The number of amidine groups is 1. The number of aliphatic imine (C=N–C) groups is 1. The smallest absolute Gasteiger partial charge is 0.137 e. The SMILES string of the molecule is Clc1ccc(N2CN(CC3CCCO3)CN=C2c2ccccc2)cc1Cl. The van der Waals surface area contributed by atoms with Gasteiger partial charge in [-0.05, 0) is 31.0 Å². The Balaban J connectivity index is 1.64. The van der Waals surface area contributed by atoms with Gasteiger partial charge in [-0.2, -0.15) is 0 Å². The van der Waals surface area contributed by atoms with Crippen molar-refractivity contribution >= 4 is 34.7 Å². The maximum Gasteiger partial charge on any atom is 0.137 e. The molecule has 0 amide bonds. The van der Waals surface area contributed by atoms with E-state index in [2.05, 4.69) is 21.9 Å². The first-order valence-corrected chi connectivity index (χ1v) is 9.63. The van der Waals surface area contributed by atoms with Crippen molar-refractivity contribution in [1.29, 1.82) is 0 Å². The molecule has 4 nitrogen and oxygen atoms in total. The molecule has 2 aliphatic rings. The third-order valence-corrected chi connectivity index (χ3v) is 5.49. The minimum Gasteiger partial charge on any atom is -0.377 e. The summed E-state index contributed by atoms with van der Waals surface area (Å²) in [5.41, 5.74) is 2.08. The van der Waals surface area contributed by atoms with Gasteiger partial charge < -0.3 is 9.64 Å². The van der Waals surface area contributed by atoms with E-state index in [0.717, 1.165) is 49.7 Å². The van der Waals surface area contributed by atoms with Crippen LogP contribution in [0.1, 0.15) is 18.4 Å². The second-order valence-electron chi connectivity index (χ2n) is 6.65. The number of halogens is 2. The van der Waals surface area contributed by atoms with Gasteiger partial charge in [0, 0.05) is 24.4 Å². The fourth-order valence-electron chi connectivity index (χ4n) is 3.45. The van der Waals surface area contributed by atoms with Crippen LogP contribution >= 0.6 is 23.2 Å². The van der Waals surface area contributed by atoms with Gasteiger partial charge in [0.2, 0.25) is 0 Å². The summed E-state index contributed by atoms with van der Waals surface area (Å²) >= 11 is 12.4. The number of hydrogen-bond acceptors (Lipinski definition) is 4. The van der Waals surface area contributed by atoms with Crippen LogP contribution < -0.4 is 4.90 Å². The van der Waals surface area contributed by atoms with Crippen LogP contribution in [0.2, 0.25) is 10.0 Å². The van der Waals surface area contributed by atoms with Crippen molar-refractivity contribution in [1.82, 2.24) is 4.90 Å². The van der Waals surface area contributed by atoms with Gasteiger partial charge in [-0.25, -0.2) is 0 Å². The zero-order valence-electron chi connectivity index (χ0n) is 14.4. The van der Waals surface area contributed by atoms with Crippen molar-refractivity contribution < 1.29 is 4.74 Å². The van der Waals surface area contributed by atoms with Gasteiger partial charge in [-0.15, -0.1) is 0 Å². The Morgan fingerprint density at radius 3 is 2.65 bits per heavy atom. The molecule has 2 aromatic rings. The molecule has 1 saturated heterocycles. The van der Waals surface area contributed by atoms with Gasteiger partial charge in [-0.3, -0.25) is 9.89 Å². The van der Waals surface area contributed by atoms with Crippen molar-refractivity contribution in [3.63, 3.8) is 0 Å². The first-order valence-electron chi connectivity index (χ1n) is 8.87. The maximum absolute atomic E-state index is 6.27. The molecule has 2 aliphatic heterocycles. The van der Waals surface area contributed by atoms with Gasteiger partial charge in [0.25, 0.3) is 0 Å². The van der Waals surface area contributed by atoms with E-state index in [1.807, 2.05) is 36.4 Å². The largest absolute Gasteiger partial charge is 0.377 e. The number of hydrogen-bond donors (Lipinski definition) is 0. The number of nitrogens with zero attached hydrogens (tertiary/aromatic N) is 3. The van der Waals surface area contributed by atoms with Crippen LogP contribution in [0.25, 0.3) is 0 Å². The molecule has 0 saturated carbocycles. The van der Waals surface area contributed by atoms with E-state index in [4.69, 9.17) is 32.9 Å². The van der Waals surface area contributed by atoms with Crippen LogP contribution in [0.4, 0.5) is 5.69 Å². The standard InChI is InChI=1S/C20H21Cl2N3O/c21-18-9-8-16(11-19(18)22)25-14-24(12-17-7-4-10-26-17)13-23-20(25)15-5-2-1-3-6-15/h1-3,5-6,8-9,11,17H,4,7,10,12-14H2. The molecule has 0 aliphatic carbocycles. The van der Waals surface area contributed by atoms with Gasteiger partial charge in [0.05, 0.1) is 29.5 Å². The second-order valence-corrected chi connectivity index (χ2v) is 7.46. The summed E-state index contributed by atoms with van der Waals surface area (Å²) in [4.78, 5) is 9.37. The van der Waals surface area contributed by atoms with E-state index in [-0.39, 0.29) is 0 Å². The van der Waals surface area contributed by atoms with Crippen LogP contribution in [0.5, 0.6) is 0 Å². The zero-order valence-corrected chi connectivity index (χ0v) is 16.0. The Bertz CT molecular complexity index is 791. The molecule has 0 spiro atoms. The molecule has 6 heteroatoms. The molecule has 1 unspecified atom stereocenters. The quantitative estimate of drug-likeness (QED) is 0.761. The van der Waals surface area contributed by atoms with Crippen LogP contribution in [-0.2, 0) is 4.74 Å². The normalized spacial score (nSPS) is 21.1. The van der Waals surface area contributed by atoms with Crippen LogP contribution in [0, 0.1) is 0 Å². The topological polar surface area (TPSA) is 28.1 Å². The van der Waals surface area contributed by atoms with Crippen molar-refractivity contribution in [3.05, 3.63) is 64.1 Å². The van der Waals surface area contributed by atoms with Crippen LogP contribution in [-0.4, -0.2) is 43.3 Å². The van der Waals surface area contributed by atoms with Crippen molar-refractivity contribution in [2.45, 2.75) is 18.9 Å². The maximum atomic E-state index is 6.27. The number of benzene rings is 2. The molecular weight excluding hydrogens is 369 g/mol. The molecule has 0 N–H and O–H groups in total. The lowest BCUT2D eigenvalue weighted by atomic mass is 10.1. The molecular formula is C20H21Cl2N3O. The molecule has 26 heavy (non-hydrogen) atoms. The van der Waals surface area contributed by atoms with Crippen molar-refractivity contribution in [3.8, 4) is 0 Å². The summed E-state index contributed by atoms with van der Waals surface area (Å²) in [7, 11) is 0. The van der Waals surface area contributed by atoms with Gasteiger partial charge in [-0.1, -0.05) is 53.5 Å². The lowest BCUT2D eigenvalue weighted by Crippen LogP contribution is -2.48. The van der Waals surface area contributed by atoms with Crippen LogP contribution in [0.15, 0.2) is 53.5 Å². The average Bonchev–Trinajstić information content (AvgIpc) is 3.18. The Hall–Kier alpha value is -1.59. The molecule has 136 valence electrons. The molecule has 0 aromatic heterocycles. The minimum absolute atomic E-state index is 0.305. The summed E-state index contributed by atoms with van der Waals surface area (Å²) in [5, 5.41) is 1.11. The zero-order chi connectivity index (χ0) is 17.9. The highest BCUT2D eigenvalue weighted by atomic mass is 35.5. The van der Waals surface area contributed by atoms with E-state index < -0.39 is 0 Å². The van der Waals surface area contributed by atoms with E-state index >= 15 is 0 Å². The molecule has 0 bridgehead atoms. The number of rotatable bonds is 4. The second kappa shape index (κ2) is 7.97. The summed E-state index contributed by atoms with van der Waals surface area (Å²) in [6, 6.07) is 16.0. The van der Waals surface area contributed by atoms with E-state index in [9.17, 15) is 0 Å². The lowest BCUT2D eigenvalue weighted by Gasteiger charge is -2.37. The molecule has 1 fully saturated rings. The number of ether oxygens (including phenoxy) is 1. The highest BCUT2D eigenvalue weighted by molar-refractivity contribution is 6.42. The fourth-order valence-corrected chi connectivity index (χ4v) is 3.74. The van der Waals surface area contributed by atoms with E-state index in [1.165, 1.54) is 0 Å². The Morgan fingerprint density at radius 1 is 1.08 bits per heavy atom. The van der Waals surface area contributed by atoms with Crippen LogP contribution in [0.3, 0.4) is 0 Å². The molecule has 2 aromatic carbocycles. The first kappa shape index (κ1) is 17.8. The Labute approximate surface area is 164 Å². The lowest BCUT2D eigenvalue weighted by molar-refractivity contribution is 0.0739. The summed E-state index contributed by atoms with van der Waals surface area (Å²) in [5.74, 6) is 0.951. The van der Waals surface area contributed by atoms with E-state index in [1.54, 1.807) is 0 Å². The Morgan fingerprint density at radius 2 is 1.92 bits per heavy atom. The predicted octanol–water partition coefficient (Wildman–Crippen LogP) is 4.66. The predicted molar refractivity (Wildman–Crippen MR) is 107 cm³/mol. The summed E-state index contributed by atoms with van der Waals surface area (Å²) in [6.45, 7) is 3.17. The highest BCUT2D eigenvalue weighted by Crippen LogP contribution is 2.29. The third-order valence-electron chi connectivity index (χ3n) is 4.75. The minimum atomic E-state index is 0.305. The average molecular weight is 390 g/mol. The molecule has 2 heterocycles. The summed E-state index contributed by atoms with van der Waals surface area (Å²) in [6.07, 6.45) is 2.57. The van der Waals surface area contributed by atoms with E-state index in [0.29, 0.717) is 22.8 Å². The third kappa shape index (κ3) is 3.89. The van der Waals surface area contributed by atoms with Gasteiger partial charge in [0.1, 0.15) is 5.84 Å². The monoisotopic (exact) mass is 389 g/mol. The summed E-state index contributed by atoms with van der Waals surface area (Å²) < 4.78 is 5.80. The van der Waals surface area contributed by atoms with Gasteiger partial charge in [0.15, 0.2) is 0 Å². The molecule has 1 atom stereocenters. The number of anilines is 1. The van der Waals surface area contributed by atoms with Crippen molar-refractivity contribution in [2.75, 3.05) is 31.4 Å². The van der Waals surface area contributed by atoms with Crippen molar-refractivity contribution in [2.24, 2.45) is 4.99 Å². The fraction of sp³-hybridized carbons (Fsp3) is 0.350. The van der Waals surface area contributed by atoms with Gasteiger partial charge >= 0.3 is 0 Å². The molecule has 4 rings (SSSR count). The highest BCUT2D eigenvalue weighted by Gasteiger charge is 2.26. The Kier molecular flexibility index (Phi) is 5.46. The first-order chi connectivity index (χ1) is 12.7.